The summed E-state index contributed by atoms with van der Waals surface area (Å²) in [4.78, 5) is 42.5. The number of amides is 4. The molecule has 0 unspecified atom stereocenters. The van der Waals surface area contributed by atoms with Crippen LogP contribution in [0.25, 0.3) is 11.0 Å². The van der Waals surface area contributed by atoms with Gasteiger partial charge < -0.3 is 15.6 Å². The molecule has 1 fully saturated rings. The highest BCUT2D eigenvalue weighted by molar-refractivity contribution is 5.98. The minimum atomic E-state index is -0.700. The van der Waals surface area contributed by atoms with Gasteiger partial charge in [-0.3, -0.25) is 14.9 Å². The number of aryl methyl sites for hydroxylation is 1. The number of imide groups is 1. The molecule has 1 atom stereocenters. The van der Waals surface area contributed by atoms with Crippen LogP contribution < -0.4 is 16.0 Å². The van der Waals surface area contributed by atoms with Gasteiger partial charge in [-0.05, 0) is 25.0 Å². The minimum absolute atomic E-state index is 0.139. The number of rotatable bonds is 4. The van der Waals surface area contributed by atoms with E-state index in [-0.39, 0.29) is 24.7 Å². The second-order valence-corrected chi connectivity index (χ2v) is 5.81. The Labute approximate surface area is 138 Å². The Kier molecular flexibility index (Phi) is 4.45. The quantitative estimate of drug-likeness (QED) is 0.654. The minimum Gasteiger partial charge on any atom is -0.354 e. The van der Waals surface area contributed by atoms with E-state index in [0.29, 0.717) is 13.0 Å². The molecule has 2 heterocycles. The van der Waals surface area contributed by atoms with E-state index in [4.69, 9.17) is 0 Å². The van der Waals surface area contributed by atoms with Crippen molar-refractivity contribution in [3.63, 3.8) is 0 Å². The molecule has 8 heteroatoms. The number of H-pyrrole nitrogens is 1. The number of hydrogen-bond donors (Lipinski definition) is 4. The van der Waals surface area contributed by atoms with Gasteiger partial charge in [0.05, 0.1) is 11.0 Å². The maximum Gasteiger partial charge on any atom is 0.322 e. The number of carbonyl (C=O) groups excluding carboxylic acids is 3. The SMILES string of the molecule is Cc1cccc2[nH]c(CCNC(=O)[C@@H]3CCC(=O)NC(=O)N3)nc12. The summed E-state index contributed by atoms with van der Waals surface area (Å²) in [6, 6.07) is 4.59. The van der Waals surface area contributed by atoms with Crippen LogP contribution in [0.15, 0.2) is 18.2 Å². The topological polar surface area (TPSA) is 116 Å². The van der Waals surface area contributed by atoms with Crippen LogP contribution >= 0.6 is 0 Å². The van der Waals surface area contributed by atoms with Crippen LogP contribution in [-0.4, -0.2) is 40.4 Å². The van der Waals surface area contributed by atoms with Gasteiger partial charge in [-0.25, -0.2) is 9.78 Å². The van der Waals surface area contributed by atoms with Crippen LogP contribution in [0.2, 0.25) is 0 Å². The number of carbonyl (C=O) groups is 3. The van der Waals surface area contributed by atoms with Crippen molar-refractivity contribution >= 4 is 28.9 Å². The third kappa shape index (κ3) is 3.53. The molecule has 0 saturated carbocycles. The van der Waals surface area contributed by atoms with Gasteiger partial charge in [-0.2, -0.15) is 0 Å². The molecule has 0 spiro atoms. The number of fused-ring (bicyclic) bond motifs is 1. The highest BCUT2D eigenvalue weighted by Gasteiger charge is 2.25. The largest absolute Gasteiger partial charge is 0.354 e. The summed E-state index contributed by atoms with van der Waals surface area (Å²) in [5, 5.41) is 7.40. The van der Waals surface area contributed by atoms with Gasteiger partial charge in [0.2, 0.25) is 11.8 Å². The number of imidazole rings is 1. The molecule has 8 nitrogen and oxygen atoms in total. The molecule has 1 aliphatic rings. The van der Waals surface area contributed by atoms with Crippen molar-refractivity contribution in [2.24, 2.45) is 0 Å². The normalized spacial score (nSPS) is 18.0. The van der Waals surface area contributed by atoms with E-state index in [2.05, 4.69) is 25.9 Å². The predicted octanol–water partition coefficient (Wildman–Crippen LogP) is 0.518. The highest BCUT2D eigenvalue weighted by atomic mass is 16.2. The van der Waals surface area contributed by atoms with Crippen LogP contribution in [0.3, 0.4) is 0 Å². The van der Waals surface area contributed by atoms with Crippen LogP contribution in [0.5, 0.6) is 0 Å². The van der Waals surface area contributed by atoms with Crippen LogP contribution in [-0.2, 0) is 16.0 Å². The monoisotopic (exact) mass is 329 g/mol. The summed E-state index contributed by atoms with van der Waals surface area (Å²) in [5.41, 5.74) is 2.99. The number of urea groups is 1. The highest BCUT2D eigenvalue weighted by Crippen LogP contribution is 2.15. The van der Waals surface area contributed by atoms with Crippen molar-refractivity contribution < 1.29 is 14.4 Å². The summed E-state index contributed by atoms with van der Waals surface area (Å²) in [5.74, 6) is 0.119. The van der Waals surface area contributed by atoms with Gasteiger partial charge in [-0.15, -0.1) is 0 Å². The fraction of sp³-hybridized carbons (Fsp3) is 0.375. The molecule has 0 radical (unpaired) electrons. The Hall–Kier alpha value is -2.90. The summed E-state index contributed by atoms with van der Waals surface area (Å²) in [6.07, 6.45) is 0.977. The molecule has 1 aliphatic heterocycles. The van der Waals surface area contributed by atoms with Crippen LogP contribution in [0.4, 0.5) is 4.79 Å². The summed E-state index contributed by atoms with van der Waals surface area (Å²) in [7, 11) is 0. The van der Waals surface area contributed by atoms with Crippen molar-refractivity contribution in [1.29, 1.82) is 0 Å². The second kappa shape index (κ2) is 6.69. The molecule has 0 aliphatic carbocycles. The zero-order chi connectivity index (χ0) is 17.1. The Morgan fingerprint density at radius 3 is 3.00 bits per heavy atom. The molecule has 4 N–H and O–H groups in total. The number of aromatic amines is 1. The number of aromatic nitrogens is 2. The molecular formula is C16H19N5O3. The van der Waals surface area contributed by atoms with E-state index in [0.717, 1.165) is 22.4 Å². The maximum atomic E-state index is 12.1. The first kappa shape index (κ1) is 16.0. The van der Waals surface area contributed by atoms with Gasteiger partial charge in [0.15, 0.2) is 0 Å². The third-order valence-electron chi connectivity index (χ3n) is 3.96. The Morgan fingerprint density at radius 1 is 1.38 bits per heavy atom. The van der Waals surface area contributed by atoms with E-state index in [9.17, 15) is 14.4 Å². The van der Waals surface area contributed by atoms with E-state index in [1.54, 1.807) is 0 Å². The number of nitrogens with one attached hydrogen (secondary N) is 4. The van der Waals surface area contributed by atoms with Gasteiger partial charge in [0.25, 0.3) is 0 Å². The first-order valence-corrected chi connectivity index (χ1v) is 7.85. The molecule has 4 amide bonds. The molecule has 0 bridgehead atoms. The number of hydrogen-bond acceptors (Lipinski definition) is 4. The second-order valence-electron chi connectivity index (χ2n) is 5.81. The molecular weight excluding hydrogens is 310 g/mol. The van der Waals surface area contributed by atoms with Crippen LogP contribution in [0, 0.1) is 6.92 Å². The maximum absolute atomic E-state index is 12.1. The lowest BCUT2D eigenvalue weighted by Crippen LogP contribution is -2.48. The van der Waals surface area contributed by atoms with Crippen molar-refractivity contribution in [1.82, 2.24) is 25.9 Å². The average Bonchev–Trinajstić information content (AvgIpc) is 2.87. The van der Waals surface area contributed by atoms with E-state index < -0.39 is 12.1 Å². The summed E-state index contributed by atoms with van der Waals surface area (Å²) in [6.45, 7) is 2.39. The predicted molar refractivity (Wildman–Crippen MR) is 87.2 cm³/mol. The smallest absolute Gasteiger partial charge is 0.322 e. The zero-order valence-electron chi connectivity index (χ0n) is 13.3. The Morgan fingerprint density at radius 2 is 2.21 bits per heavy atom. The third-order valence-corrected chi connectivity index (χ3v) is 3.96. The molecule has 24 heavy (non-hydrogen) atoms. The van der Waals surface area contributed by atoms with Crippen molar-refractivity contribution in [2.45, 2.75) is 32.2 Å². The van der Waals surface area contributed by atoms with Crippen LogP contribution in [0.1, 0.15) is 24.2 Å². The summed E-state index contributed by atoms with van der Waals surface area (Å²) < 4.78 is 0. The van der Waals surface area contributed by atoms with Gasteiger partial charge >= 0.3 is 6.03 Å². The fourth-order valence-electron chi connectivity index (χ4n) is 2.70. The molecule has 3 rings (SSSR count). The number of benzene rings is 1. The first-order chi connectivity index (χ1) is 11.5. The van der Waals surface area contributed by atoms with Gasteiger partial charge in [0, 0.05) is 19.4 Å². The van der Waals surface area contributed by atoms with Crippen molar-refractivity contribution in [2.75, 3.05) is 6.54 Å². The molecule has 1 saturated heterocycles. The van der Waals surface area contributed by atoms with E-state index in [1.165, 1.54) is 0 Å². The lowest BCUT2D eigenvalue weighted by Gasteiger charge is -2.14. The lowest BCUT2D eigenvalue weighted by atomic mass is 10.1. The summed E-state index contributed by atoms with van der Waals surface area (Å²) >= 11 is 0. The van der Waals surface area contributed by atoms with Crippen molar-refractivity contribution in [3.05, 3.63) is 29.6 Å². The number of nitrogens with zero attached hydrogens (tertiary/aromatic N) is 1. The molecule has 1 aromatic carbocycles. The Bertz CT molecular complexity index is 798. The molecule has 2 aromatic rings. The lowest BCUT2D eigenvalue weighted by molar-refractivity contribution is -0.123. The number of para-hydroxylation sites is 1. The van der Waals surface area contributed by atoms with Crippen molar-refractivity contribution in [3.8, 4) is 0 Å². The standard InChI is InChI=1S/C16H19N5O3/c1-9-3-2-4-10-14(9)20-12(18-10)7-8-17-15(23)11-5-6-13(22)21-16(24)19-11/h2-4,11H,5-8H2,1H3,(H,17,23)(H,18,20)(H2,19,21,22,24)/t11-/m0/s1. The average molecular weight is 329 g/mol. The Balaban J connectivity index is 1.55. The molecule has 1 aromatic heterocycles. The van der Waals surface area contributed by atoms with E-state index >= 15 is 0 Å². The van der Waals surface area contributed by atoms with Gasteiger partial charge in [-0.1, -0.05) is 12.1 Å². The zero-order valence-corrected chi connectivity index (χ0v) is 13.3. The molecule has 126 valence electrons. The fourth-order valence-corrected chi connectivity index (χ4v) is 2.70. The van der Waals surface area contributed by atoms with E-state index in [1.807, 2.05) is 25.1 Å². The first-order valence-electron chi connectivity index (χ1n) is 7.85. The van der Waals surface area contributed by atoms with Gasteiger partial charge in [0.1, 0.15) is 11.9 Å².